The fraction of sp³-hybridized carbons (Fsp3) is 0.0625. The Kier molecular flexibility index (Phi) is 2.90. The van der Waals surface area contributed by atoms with Gasteiger partial charge in [0.1, 0.15) is 0 Å². The molecule has 0 spiro atoms. The zero-order chi connectivity index (χ0) is 15.1. The van der Waals surface area contributed by atoms with Crippen LogP contribution in [0.1, 0.15) is 5.56 Å². The van der Waals surface area contributed by atoms with Gasteiger partial charge in [-0.1, -0.05) is 42.5 Å². The van der Waals surface area contributed by atoms with Crippen LogP contribution in [0.4, 0.5) is 0 Å². The van der Waals surface area contributed by atoms with Gasteiger partial charge in [0.15, 0.2) is 0 Å². The minimum Gasteiger partial charge on any atom is -0.256 e. The summed E-state index contributed by atoms with van der Waals surface area (Å²) in [4.78, 5) is 29.5. The van der Waals surface area contributed by atoms with Crippen molar-refractivity contribution in [3.8, 4) is 0 Å². The molecule has 2 heterocycles. The molecule has 5 nitrogen and oxygen atoms in total. The number of aromatic nitrogens is 3. The van der Waals surface area contributed by atoms with Gasteiger partial charge in [0.25, 0.3) is 0 Å². The monoisotopic (exact) mass is 309 g/mol. The van der Waals surface area contributed by atoms with E-state index in [0.717, 1.165) is 22.4 Å². The molecule has 4 aromatic rings. The van der Waals surface area contributed by atoms with E-state index < -0.39 is 0 Å². The van der Waals surface area contributed by atoms with E-state index in [4.69, 9.17) is 0 Å². The Hall–Kier alpha value is -2.73. The number of para-hydroxylation sites is 2. The maximum absolute atomic E-state index is 12.7. The molecule has 22 heavy (non-hydrogen) atoms. The van der Waals surface area contributed by atoms with Gasteiger partial charge in [-0.2, -0.15) is 0 Å². The van der Waals surface area contributed by atoms with Gasteiger partial charge in [0.2, 0.25) is 4.96 Å². The topological polar surface area (TPSA) is 56.4 Å². The quantitative estimate of drug-likeness (QED) is 0.570. The molecule has 0 saturated carbocycles. The number of imidazole rings is 1. The molecular formula is C16H11N3O2S. The minimum atomic E-state index is -0.351. The number of fused-ring (bicyclic) bond motifs is 3. The average Bonchev–Trinajstić information content (AvgIpc) is 2.90. The first kappa shape index (κ1) is 13.0. The summed E-state index contributed by atoms with van der Waals surface area (Å²) in [7, 11) is 0. The summed E-state index contributed by atoms with van der Waals surface area (Å²) in [5.41, 5.74) is 2.00. The van der Waals surface area contributed by atoms with E-state index in [1.807, 2.05) is 54.6 Å². The summed E-state index contributed by atoms with van der Waals surface area (Å²) in [6.45, 7) is 0.261. The molecule has 6 heteroatoms. The van der Waals surface area contributed by atoms with Crippen molar-refractivity contribution < 1.29 is 0 Å². The van der Waals surface area contributed by atoms with Gasteiger partial charge in [-0.25, -0.2) is 18.7 Å². The summed E-state index contributed by atoms with van der Waals surface area (Å²) in [6, 6.07) is 16.9. The smallest absolute Gasteiger partial charge is 0.256 e. The molecule has 0 aliphatic carbocycles. The summed E-state index contributed by atoms with van der Waals surface area (Å²) in [5, 5.41) is 0. The van der Waals surface area contributed by atoms with Crippen molar-refractivity contribution in [2.45, 2.75) is 6.54 Å². The van der Waals surface area contributed by atoms with Crippen LogP contribution in [0.5, 0.6) is 0 Å². The molecule has 2 aromatic heterocycles. The fourth-order valence-electron chi connectivity index (χ4n) is 2.49. The number of benzene rings is 2. The zero-order valence-corrected chi connectivity index (χ0v) is 12.3. The first-order valence-electron chi connectivity index (χ1n) is 6.79. The van der Waals surface area contributed by atoms with Crippen LogP contribution in [0.15, 0.2) is 64.2 Å². The normalized spacial score (nSPS) is 11.3. The van der Waals surface area contributed by atoms with Crippen LogP contribution >= 0.6 is 11.3 Å². The largest absolute Gasteiger partial charge is 0.338 e. The molecule has 0 fully saturated rings. The Morgan fingerprint density at radius 2 is 1.68 bits per heavy atom. The molecule has 0 aliphatic heterocycles. The fourth-order valence-corrected chi connectivity index (χ4v) is 3.31. The van der Waals surface area contributed by atoms with E-state index in [1.165, 1.54) is 8.97 Å². The first-order valence-corrected chi connectivity index (χ1v) is 7.61. The second-order valence-corrected chi connectivity index (χ2v) is 5.86. The molecule has 0 saturated heterocycles. The zero-order valence-electron chi connectivity index (χ0n) is 11.5. The lowest BCUT2D eigenvalue weighted by molar-refractivity contribution is 0.710. The van der Waals surface area contributed by atoms with Crippen LogP contribution in [0.25, 0.3) is 16.0 Å². The van der Waals surface area contributed by atoms with E-state index in [2.05, 4.69) is 4.98 Å². The molecule has 0 amide bonds. The van der Waals surface area contributed by atoms with Crippen molar-refractivity contribution in [1.82, 2.24) is 14.0 Å². The highest BCUT2D eigenvalue weighted by Gasteiger charge is 2.13. The molecule has 0 radical (unpaired) electrons. The van der Waals surface area contributed by atoms with Gasteiger partial charge >= 0.3 is 10.6 Å². The van der Waals surface area contributed by atoms with Gasteiger partial charge in [0, 0.05) is 0 Å². The maximum atomic E-state index is 12.7. The predicted molar refractivity (Wildman–Crippen MR) is 86.6 cm³/mol. The summed E-state index contributed by atoms with van der Waals surface area (Å²) < 4.78 is 2.76. The predicted octanol–water partition coefficient (Wildman–Crippen LogP) is 2.12. The number of nitrogens with zero attached hydrogens (tertiary/aromatic N) is 3. The molecular weight excluding hydrogens is 298 g/mol. The van der Waals surface area contributed by atoms with Crippen LogP contribution in [0.3, 0.4) is 0 Å². The summed E-state index contributed by atoms with van der Waals surface area (Å²) in [5.74, 6) is 0. The number of rotatable bonds is 2. The van der Waals surface area contributed by atoms with E-state index >= 15 is 0 Å². The van der Waals surface area contributed by atoms with Crippen molar-refractivity contribution in [2.75, 3.05) is 0 Å². The van der Waals surface area contributed by atoms with Crippen molar-refractivity contribution in [3.63, 3.8) is 0 Å². The summed E-state index contributed by atoms with van der Waals surface area (Å²) in [6.07, 6.45) is 0. The molecule has 0 atom stereocenters. The Morgan fingerprint density at radius 1 is 0.955 bits per heavy atom. The molecule has 108 valence electrons. The Morgan fingerprint density at radius 3 is 2.50 bits per heavy atom. The number of hydrogen-bond donors (Lipinski definition) is 0. The lowest BCUT2D eigenvalue weighted by Crippen LogP contribution is -2.35. The van der Waals surface area contributed by atoms with Crippen LogP contribution in [-0.2, 0) is 6.54 Å². The Bertz CT molecular complexity index is 1090. The SMILES string of the molecule is O=c1sc2nc3ccccc3n2c(=O)n1Cc1ccccc1. The lowest BCUT2D eigenvalue weighted by Gasteiger charge is -2.04. The third-order valence-corrected chi connectivity index (χ3v) is 4.39. The molecule has 4 rings (SSSR count). The van der Waals surface area contributed by atoms with Gasteiger partial charge in [-0.15, -0.1) is 0 Å². The standard InChI is InChI=1S/C16H11N3O2S/c20-15-18(10-11-6-2-1-3-7-11)16(21)22-14-17-12-8-4-5-9-13(12)19(14)15/h1-9H,10H2. The third-order valence-electron chi connectivity index (χ3n) is 3.53. The molecule has 0 bridgehead atoms. The summed E-state index contributed by atoms with van der Waals surface area (Å²) >= 11 is 0.987. The maximum Gasteiger partial charge on any atom is 0.338 e. The minimum absolute atomic E-state index is 0.261. The van der Waals surface area contributed by atoms with E-state index in [0.29, 0.717) is 10.5 Å². The molecule has 2 aromatic carbocycles. The van der Waals surface area contributed by atoms with Gasteiger partial charge < -0.3 is 0 Å². The Labute approximate surface area is 128 Å². The van der Waals surface area contributed by atoms with Crippen molar-refractivity contribution >= 4 is 27.3 Å². The highest BCUT2D eigenvalue weighted by molar-refractivity contribution is 7.14. The lowest BCUT2D eigenvalue weighted by atomic mass is 10.2. The van der Waals surface area contributed by atoms with Crippen LogP contribution in [0, 0.1) is 0 Å². The highest BCUT2D eigenvalue weighted by atomic mass is 32.1. The number of hydrogen-bond acceptors (Lipinski definition) is 4. The third kappa shape index (κ3) is 1.96. The van der Waals surface area contributed by atoms with Crippen molar-refractivity contribution in [1.29, 1.82) is 0 Å². The van der Waals surface area contributed by atoms with E-state index in [-0.39, 0.29) is 17.1 Å². The van der Waals surface area contributed by atoms with Gasteiger partial charge in [0.05, 0.1) is 17.6 Å². The van der Waals surface area contributed by atoms with Gasteiger partial charge in [-0.05, 0) is 29.0 Å². The second-order valence-electron chi connectivity index (χ2n) is 4.94. The van der Waals surface area contributed by atoms with E-state index in [1.54, 1.807) is 0 Å². The first-order chi connectivity index (χ1) is 10.7. The van der Waals surface area contributed by atoms with Gasteiger partial charge in [-0.3, -0.25) is 4.79 Å². The van der Waals surface area contributed by atoms with Crippen molar-refractivity contribution in [3.05, 3.63) is 80.3 Å². The van der Waals surface area contributed by atoms with Crippen LogP contribution in [-0.4, -0.2) is 14.0 Å². The Balaban J connectivity index is 2.01. The average molecular weight is 309 g/mol. The van der Waals surface area contributed by atoms with Crippen molar-refractivity contribution in [2.24, 2.45) is 0 Å². The molecule has 0 unspecified atom stereocenters. The highest BCUT2D eigenvalue weighted by Crippen LogP contribution is 2.15. The van der Waals surface area contributed by atoms with Crippen LogP contribution < -0.4 is 10.6 Å². The molecule has 0 aliphatic rings. The molecule has 0 N–H and O–H groups in total. The second kappa shape index (κ2) is 4.92. The van der Waals surface area contributed by atoms with E-state index in [9.17, 15) is 9.59 Å². The van der Waals surface area contributed by atoms with Crippen LogP contribution in [0.2, 0.25) is 0 Å².